The molecular formula is C14H19NO7S2. The Labute approximate surface area is 144 Å². The number of thioether (sulfide) groups is 1. The van der Waals surface area contributed by atoms with Crippen LogP contribution in [0.15, 0.2) is 34.7 Å². The first kappa shape index (κ1) is 19.3. The van der Waals surface area contributed by atoms with E-state index in [9.17, 15) is 23.7 Å². The Kier molecular flexibility index (Phi) is 6.37. The molecule has 2 rings (SSSR count). The van der Waals surface area contributed by atoms with Crippen molar-refractivity contribution >= 4 is 27.1 Å². The van der Waals surface area contributed by atoms with Gasteiger partial charge in [0, 0.05) is 6.42 Å². The average Bonchev–Trinajstić information content (AvgIpc) is 2.50. The van der Waals surface area contributed by atoms with E-state index in [0.717, 1.165) is 17.3 Å². The molecule has 0 aliphatic carbocycles. The number of nitrogens with zero attached hydrogens (tertiary/aromatic N) is 1. The Bertz CT molecular complexity index is 680. The second-order valence-corrected chi connectivity index (χ2v) is 7.64. The van der Waals surface area contributed by atoms with Gasteiger partial charge < -0.3 is 20.1 Å². The summed E-state index contributed by atoms with van der Waals surface area (Å²) in [6.07, 6.45) is -4.80. The quantitative estimate of drug-likeness (QED) is 0.327. The normalized spacial score (nSPS) is 31.9. The van der Waals surface area contributed by atoms with Gasteiger partial charge in [-0.1, -0.05) is 42.1 Å². The molecule has 10 heteroatoms. The zero-order chi connectivity index (χ0) is 17.9. The van der Waals surface area contributed by atoms with Crippen molar-refractivity contribution in [1.82, 2.24) is 0 Å². The molecule has 1 fully saturated rings. The summed E-state index contributed by atoms with van der Waals surface area (Å²) in [5.41, 5.74) is -0.297. The molecule has 5 atom stereocenters. The van der Waals surface area contributed by atoms with E-state index in [4.69, 9.17) is 9.29 Å². The molecule has 1 aromatic rings. The van der Waals surface area contributed by atoms with Crippen LogP contribution >= 0.6 is 11.8 Å². The summed E-state index contributed by atoms with van der Waals surface area (Å²) in [5.74, 6) is 0. The van der Waals surface area contributed by atoms with Gasteiger partial charge in [0.2, 0.25) is 0 Å². The molecule has 0 saturated carbocycles. The van der Waals surface area contributed by atoms with Crippen LogP contribution in [0.25, 0.3) is 0 Å². The van der Waals surface area contributed by atoms with Gasteiger partial charge in [0.1, 0.15) is 23.7 Å². The Morgan fingerprint density at radius 1 is 1.17 bits per heavy atom. The summed E-state index contributed by atoms with van der Waals surface area (Å²) in [6, 6.07) is 8.82. The molecule has 0 amide bonds. The summed E-state index contributed by atoms with van der Waals surface area (Å²) in [7, 11) is -4.63. The van der Waals surface area contributed by atoms with Crippen molar-refractivity contribution in [1.29, 1.82) is 0 Å². The first-order chi connectivity index (χ1) is 11.2. The number of hydrogen-bond acceptors (Lipinski definition) is 7. The number of hydrogen-bond donors (Lipinski definition) is 4. The van der Waals surface area contributed by atoms with Gasteiger partial charge in [-0.3, -0.25) is 4.55 Å². The molecule has 1 aliphatic heterocycles. The zero-order valence-electron chi connectivity index (χ0n) is 12.8. The molecular weight excluding hydrogens is 358 g/mol. The third-order valence-electron chi connectivity index (χ3n) is 3.48. The van der Waals surface area contributed by atoms with Gasteiger partial charge in [-0.25, -0.2) is 0 Å². The number of aliphatic hydroxyl groups excluding tert-OH is 3. The van der Waals surface area contributed by atoms with Crippen molar-refractivity contribution in [2.24, 2.45) is 4.40 Å². The van der Waals surface area contributed by atoms with Crippen molar-refractivity contribution in [2.75, 3.05) is 0 Å². The predicted molar refractivity (Wildman–Crippen MR) is 89.1 cm³/mol. The van der Waals surface area contributed by atoms with Crippen LogP contribution in [0, 0.1) is 0 Å². The standard InChI is InChI=1S/C14H19NO7S2/c1-8-11(16)12(17)13(18)14(22-8)23-10(15-24(19,20)21)7-9-5-3-2-4-6-9/h2-6,8,11-14,16-18H,7H2,1H3,(H,19,20,21)/t8-,11-,12+,13-,14+/m1/s1. The molecule has 0 unspecified atom stereocenters. The van der Waals surface area contributed by atoms with E-state index in [1.165, 1.54) is 6.92 Å². The van der Waals surface area contributed by atoms with Gasteiger partial charge >= 0.3 is 10.3 Å². The number of ether oxygens (including phenoxy) is 1. The van der Waals surface area contributed by atoms with Crippen molar-refractivity contribution in [3.63, 3.8) is 0 Å². The highest BCUT2D eigenvalue weighted by Gasteiger charge is 2.42. The molecule has 4 N–H and O–H groups in total. The minimum atomic E-state index is -4.63. The number of aliphatic hydroxyl groups is 3. The Balaban J connectivity index is 2.21. The van der Waals surface area contributed by atoms with E-state index in [-0.39, 0.29) is 11.5 Å². The van der Waals surface area contributed by atoms with Crippen LogP contribution in [0.1, 0.15) is 12.5 Å². The SMILES string of the molecule is C[C@H]1O[C@@H](SC(Cc2ccccc2)=NS(=O)(=O)O)[C@H](O)[C@@H](O)[C@@H]1O. The van der Waals surface area contributed by atoms with Crippen LogP contribution in [-0.4, -0.2) is 63.2 Å². The monoisotopic (exact) mass is 377 g/mol. The maximum atomic E-state index is 11.1. The van der Waals surface area contributed by atoms with Crippen LogP contribution in [0.3, 0.4) is 0 Å². The lowest BCUT2D eigenvalue weighted by Crippen LogP contribution is -2.55. The molecule has 1 aliphatic rings. The predicted octanol–water partition coefficient (Wildman–Crippen LogP) is -0.00890. The number of benzene rings is 1. The molecule has 8 nitrogen and oxygen atoms in total. The second-order valence-electron chi connectivity index (χ2n) is 5.39. The molecule has 134 valence electrons. The zero-order valence-corrected chi connectivity index (χ0v) is 14.4. The topological polar surface area (TPSA) is 137 Å². The minimum absolute atomic E-state index is 0.0106. The Hall–Kier alpha value is -1.01. The van der Waals surface area contributed by atoms with E-state index >= 15 is 0 Å². The summed E-state index contributed by atoms with van der Waals surface area (Å²) < 4.78 is 39.9. The summed E-state index contributed by atoms with van der Waals surface area (Å²) in [4.78, 5) is 0. The molecule has 24 heavy (non-hydrogen) atoms. The first-order valence-corrected chi connectivity index (χ1v) is 9.41. The van der Waals surface area contributed by atoms with Crippen molar-refractivity contribution in [3.8, 4) is 0 Å². The summed E-state index contributed by atoms with van der Waals surface area (Å²) >= 11 is 0.773. The lowest BCUT2D eigenvalue weighted by Gasteiger charge is -2.38. The lowest BCUT2D eigenvalue weighted by atomic mass is 10.0. The Morgan fingerprint density at radius 3 is 2.38 bits per heavy atom. The average molecular weight is 377 g/mol. The maximum absolute atomic E-state index is 11.1. The van der Waals surface area contributed by atoms with Gasteiger partial charge in [0.15, 0.2) is 0 Å². The molecule has 0 radical (unpaired) electrons. The fraction of sp³-hybridized carbons (Fsp3) is 0.500. The first-order valence-electron chi connectivity index (χ1n) is 7.14. The minimum Gasteiger partial charge on any atom is -0.388 e. The van der Waals surface area contributed by atoms with Crippen molar-refractivity contribution in [3.05, 3.63) is 35.9 Å². The van der Waals surface area contributed by atoms with Crippen LogP contribution in [0.2, 0.25) is 0 Å². The van der Waals surface area contributed by atoms with Gasteiger partial charge in [-0.05, 0) is 12.5 Å². The van der Waals surface area contributed by atoms with Gasteiger partial charge in [-0.2, -0.15) is 8.42 Å². The largest absolute Gasteiger partial charge is 0.388 e. The Morgan fingerprint density at radius 2 is 1.79 bits per heavy atom. The highest BCUT2D eigenvalue weighted by atomic mass is 32.2. The molecule has 0 aromatic heterocycles. The fourth-order valence-electron chi connectivity index (χ4n) is 2.24. The molecule has 1 saturated heterocycles. The number of rotatable bonds is 4. The van der Waals surface area contributed by atoms with Crippen LogP contribution in [-0.2, 0) is 21.5 Å². The van der Waals surface area contributed by atoms with Gasteiger partial charge in [0.25, 0.3) is 0 Å². The smallest absolute Gasteiger partial charge is 0.379 e. The second kappa shape index (κ2) is 7.91. The third-order valence-corrected chi connectivity index (χ3v) is 5.17. The van der Waals surface area contributed by atoms with Crippen LogP contribution in [0.5, 0.6) is 0 Å². The highest BCUT2D eigenvalue weighted by Crippen LogP contribution is 2.30. The summed E-state index contributed by atoms with van der Waals surface area (Å²) in [5, 5.41) is 29.5. The van der Waals surface area contributed by atoms with E-state index in [1.54, 1.807) is 30.3 Å². The maximum Gasteiger partial charge on any atom is 0.379 e. The molecule has 1 heterocycles. The van der Waals surface area contributed by atoms with Crippen molar-refractivity contribution < 1.29 is 33.0 Å². The van der Waals surface area contributed by atoms with Crippen LogP contribution in [0.4, 0.5) is 0 Å². The van der Waals surface area contributed by atoms with Gasteiger partial charge in [0.05, 0.1) is 11.1 Å². The fourth-order valence-corrected chi connectivity index (χ4v) is 4.07. The highest BCUT2D eigenvalue weighted by molar-refractivity contribution is 8.14. The molecule has 0 spiro atoms. The summed E-state index contributed by atoms with van der Waals surface area (Å²) in [6.45, 7) is 1.52. The van der Waals surface area contributed by atoms with Crippen LogP contribution < -0.4 is 0 Å². The van der Waals surface area contributed by atoms with E-state index < -0.39 is 40.2 Å². The van der Waals surface area contributed by atoms with Gasteiger partial charge in [-0.15, -0.1) is 4.40 Å². The van der Waals surface area contributed by atoms with E-state index in [1.807, 2.05) is 0 Å². The van der Waals surface area contributed by atoms with E-state index in [0.29, 0.717) is 0 Å². The lowest BCUT2D eigenvalue weighted by molar-refractivity contribution is -0.192. The molecule has 0 bridgehead atoms. The van der Waals surface area contributed by atoms with E-state index in [2.05, 4.69) is 4.40 Å². The van der Waals surface area contributed by atoms with Crippen molar-refractivity contribution in [2.45, 2.75) is 43.2 Å². The molecule has 1 aromatic carbocycles. The third kappa shape index (κ3) is 5.24.